The number of imide groups is 2. The van der Waals surface area contributed by atoms with Crippen LogP contribution in [0.2, 0.25) is 0 Å². The van der Waals surface area contributed by atoms with E-state index < -0.39 is 17.8 Å². The van der Waals surface area contributed by atoms with Gasteiger partial charge >= 0.3 is 6.03 Å². The van der Waals surface area contributed by atoms with Gasteiger partial charge in [-0.3, -0.25) is 14.9 Å². The molecule has 6 heteroatoms. The van der Waals surface area contributed by atoms with Gasteiger partial charge in [-0.25, -0.2) is 9.69 Å². The molecule has 1 saturated heterocycles. The molecule has 0 radical (unpaired) electrons. The number of urea groups is 1. The molecular weight excluding hydrogens is 332 g/mol. The van der Waals surface area contributed by atoms with Crippen LogP contribution in [0.1, 0.15) is 5.56 Å². The van der Waals surface area contributed by atoms with Crippen LogP contribution in [0.5, 0.6) is 5.75 Å². The third-order valence-corrected chi connectivity index (χ3v) is 3.78. The van der Waals surface area contributed by atoms with Gasteiger partial charge in [-0.05, 0) is 35.9 Å². The van der Waals surface area contributed by atoms with Crippen LogP contribution in [0.4, 0.5) is 10.5 Å². The molecule has 1 heterocycles. The lowest BCUT2D eigenvalue weighted by molar-refractivity contribution is -0.122. The zero-order chi connectivity index (χ0) is 18.5. The van der Waals surface area contributed by atoms with E-state index in [1.54, 1.807) is 36.4 Å². The first kappa shape index (κ1) is 17.2. The first-order valence-corrected chi connectivity index (χ1v) is 7.87. The Morgan fingerprint density at radius 1 is 0.962 bits per heavy atom. The first-order chi connectivity index (χ1) is 12.6. The van der Waals surface area contributed by atoms with Crippen molar-refractivity contribution < 1.29 is 19.1 Å². The van der Waals surface area contributed by atoms with Gasteiger partial charge in [0.15, 0.2) is 0 Å². The van der Waals surface area contributed by atoms with Crippen LogP contribution in [0.3, 0.4) is 0 Å². The average molecular weight is 348 g/mol. The van der Waals surface area contributed by atoms with E-state index in [0.29, 0.717) is 11.4 Å². The number of ether oxygens (including phenoxy) is 1. The van der Waals surface area contributed by atoms with Crippen molar-refractivity contribution >= 4 is 29.6 Å². The third-order valence-electron chi connectivity index (χ3n) is 3.78. The zero-order valence-electron chi connectivity index (χ0n) is 14.0. The molecule has 130 valence electrons. The Balaban J connectivity index is 1.87. The number of hydrogen-bond acceptors (Lipinski definition) is 4. The van der Waals surface area contributed by atoms with E-state index in [9.17, 15) is 14.4 Å². The number of rotatable bonds is 4. The lowest BCUT2D eigenvalue weighted by atomic mass is 10.1. The first-order valence-electron chi connectivity index (χ1n) is 7.87. The highest BCUT2D eigenvalue weighted by atomic mass is 16.5. The van der Waals surface area contributed by atoms with Crippen molar-refractivity contribution in [1.82, 2.24) is 5.32 Å². The number of amides is 4. The van der Waals surface area contributed by atoms with Crippen LogP contribution in [0.25, 0.3) is 6.08 Å². The van der Waals surface area contributed by atoms with Crippen molar-refractivity contribution in [3.05, 3.63) is 77.9 Å². The molecule has 2 aromatic carbocycles. The third kappa shape index (κ3) is 3.54. The summed E-state index contributed by atoms with van der Waals surface area (Å²) in [4.78, 5) is 37.7. The van der Waals surface area contributed by atoms with Crippen molar-refractivity contribution in [1.29, 1.82) is 0 Å². The van der Waals surface area contributed by atoms with Gasteiger partial charge in [0.1, 0.15) is 11.3 Å². The number of benzene rings is 2. The smallest absolute Gasteiger partial charge is 0.335 e. The molecule has 1 aliphatic heterocycles. The summed E-state index contributed by atoms with van der Waals surface area (Å²) in [5, 5.41) is 2.18. The summed E-state index contributed by atoms with van der Waals surface area (Å²) < 4.78 is 5.06. The molecule has 0 atom stereocenters. The molecule has 0 aliphatic carbocycles. The molecule has 0 saturated carbocycles. The van der Waals surface area contributed by atoms with Gasteiger partial charge in [0.25, 0.3) is 11.8 Å². The Morgan fingerprint density at radius 2 is 1.65 bits per heavy atom. The number of nitrogens with zero attached hydrogens (tertiary/aromatic N) is 1. The number of carbonyl (C=O) groups is 3. The van der Waals surface area contributed by atoms with Gasteiger partial charge in [0.05, 0.1) is 12.8 Å². The number of nitrogens with one attached hydrogen (secondary N) is 1. The standard InChI is InChI=1S/C20H16N2O4/c1-26-16-12-10-15(11-13-16)22-19(24)17(18(23)21-20(22)25)9-5-8-14-6-3-2-4-7-14/h2-13H,1H3,(H,21,23,25). The lowest BCUT2D eigenvalue weighted by Crippen LogP contribution is -2.54. The Bertz CT molecular complexity index is 899. The maximum absolute atomic E-state index is 12.7. The van der Waals surface area contributed by atoms with E-state index in [4.69, 9.17) is 4.74 Å². The molecule has 3 rings (SSSR count). The predicted octanol–water partition coefficient (Wildman–Crippen LogP) is 2.92. The molecule has 6 nitrogen and oxygen atoms in total. The minimum absolute atomic E-state index is 0.118. The molecule has 1 N–H and O–H groups in total. The fourth-order valence-electron chi connectivity index (χ4n) is 2.46. The van der Waals surface area contributed by atoms with Gasteiger partial charge in [-0.15, -0.1) is 0 Å². The highest BCUT2D eigenvalue weighted by Crippen LogP contribution is 2.23. The highest BCUT2D eigenvalue weighted by molar-refractivity contribution is 6.37. The normalized spacial score (nSPS) is 16.3. The van der Waals surface area contributed by atoms with Crippen molar-refractivity contribution in [2.24, 2.45) is 0 Å². The summed E-state index contributed by atoms with van der Waals surface area (Å²) >= 11 is 0. The van der Waals surface area contributed by atoms with Crippen LogP contribution in [-0.2, 0) is 9.59 Å². The minimum Gasteiger partial charge on any atom is -0.497 e. The van der Waals surface area contributed by atoms with E-state index in [1.165, 1.54) is 13.2 Å². The summed E-state index contributed by atoms with van der Waals surface area (Å²) in [7, 11) is 1.52. The Kier molecular flexibility index (Phi) is 4.94. The van der Waals surface area contributed by atoms with E-state index >= 15 is 0 Å². The van der Waals surface area contributed by atoms with Crippen molar-refractivity contribution in [2.45, 2.75) is 0 Å². The van der Waals surface area contributed by atoms with Crippen molar-refractivity contribution in [3.63, 3.8) is 0 Å². The van der Waals surface area contributed by atoms with Gasteiger partial charge in [0, 0.05) is 0 Å². The number of methoxy groups -OCH3 is 1. The molecular formula is C20H16N2O4. The number of carbonyl (C=O) groups excluding carboxylic acids is 3. The van der Waals surface area contributed by atoms with Crippen molar-refractivity contribution in [2.75, 3.05) is 12.0 Å². The summed E-state index contributed by atoms with van der Waals surface area (Å²) in [6.45, 7) is 0. The quantitative estimate of drug-likeness (QED) is 0.681. The Hall–Kier alpha value is -3.67. The van der Waals surface area contributed by atoms with Crippen LogP contribution in [0, 0.1) is 0 Å². The van der Waals surface area contributed by atoms with Crippen LogP contribution in [0.15, 0.2) is 72.3 Å². The maximum Gasteiger partial charge on any atom is 0.335 e. The Labute approximate surface area is 150 Å². The van der Waals surface area contributed by atoms with Gasteiger partial charge in [-0.1, -0.05) is 42.5 Å². The molecule has 1 fully saturated rings. The SMILES string of the molecule is COc1ccc(N2C(=O)NC(=O)C(=CC=Cc3ccccc3)C2=O)cc1. The molecule has 2 aromatic rings. The monoisotopic (exact) mass is 348 g/mol. The van der Waals surface area contributed by atoms with Crippen LogP contribution < -0.4 is 15.0 Å². The lowest BCUT2D eigenvalue weighted by Gasteiger charge is -2.26. The summed E-state index contributed by atoms with van der Waals surface area (Å²) in [5.41, 5.74) is 1.16. The molecule has 0 aromatic heterocycles. The second-order valence-electron chi connectivity index (χ2n) is 5.45. The maximum atomic E-state index is 12.7. The predicted molar refractivity (Wildman–Crippen MR) is 97.6 cm³/mol. The zero-order valence-corrected chi connectivity index (χ0v) is 14.0. The van der Waals surface area contributed by atoms with E-state index in [-0.39, 0.29) is 5.57 Å². The molecule has 0 unspecified atom stereocenters. The molecule has 1 aliphatic rings. The van der Waals surface area contributed by atoms with E-state index in [0.717, 1.165) is 10.5 Å². The average Bonchev–Trinajstić information content (AvgIpc) is 2.65. The minimum atomic E-state index is -0.783. The number of allylic oxidation sites excluding steroid dienone is 2. The molecule has 0 bridgehead atoms. The Morgan fingerprint density at radius 3 is 2.31 bits per heavy atom. The van der Waals surface area contributed by atoms with Crippen LogP contribution in [-0.4, -0.2) is 25.0 Å². The number of hydrogen-bond donors (Lipinski definition) is 1. The molecule has 0 spiro atoms. The number of barbiturate groups is 1. The molecule has 26 heavy (non-hydrogen) atoms. The van der Waals surface area contributed by atoms with E-state index in [1.807, 2.05) is 30.3 Å². The highest BCUT2D eigenvalue weighted by Gasteiger charge is 2.36. The summed E-state index contributed by atoms with van der Waals surface area (Å²) in [6.07, 6.45) is 4.76. The summed E-state index contributed by atoms with van der Waals surface area (Å²) in [5.74, 6) is -0.805. The van der Waals surface area contributed by atoms with E-state index in [2.05, 4.69) is 5.32 Å². The fraction of sp³-hybridized carbons (Fsp3) is 0.0500. The second-order valence-corrected chi connectivity index (χ2v) is 5.45. The second kappa shape index (κ2) is 7.48. The molecule has 4 amide bonds. The van der Waals surface area contributed by atoms with Gasteiger partial charge in [0.2, 0.25) is 0 Å². The van der Waals surface area contributed by atoms with Crippen LogP contribution >= 0.6 is 0 Å². The largest absolute Gasteiger partial charge is 0.497 e. The topological polar surface area (TPSA) is 75.7 Å². The fourth-order valence-corrected chi connectivity index (χ4v) is 2.46. The number of anilines is 1. The van der Waals surface area contributed by atoms with Crippen molar-refractivity contribution in [3.8, 4) is 5.75 Å². The summed E-state index contributed by atoms with van der Waals surface area (Å²) in [6, 6.07) is 15.1. The van der Waals surface area contributed by atoms with Gasteiger partial charge < -0.3 is 4.74 Å². The van der Waals surface area contributed by atoms with Gasteiger partial charge in [-0.2, -0.15) is 0 Å².